The second-order valence-corrected chi connectivity index (χ2v) is 5.34. The van der Waals surface area contributed by atoms with Crippen LogP contribution in [0.15, 0.2) is 0 Å². The number of rotatable bonds is 4. The summed E-state index contributed by atoms with van der Waals surface area (Å²) in [6.45, 7) is 3.63. The molecule has 2 rings (SSSR count). The third-order valence-electron chi connectivity index (χ3n) is 3.80. The van der Waals surface area contributed by atoms with Crippen LogP contribution in [-0.2, 0) is 0 Å². The molecule has 1 aliphatic carbocycles. The van der Waals surface area contributed by atoms with Gasteiger partial charge in [-0.05, 0) is 32.7 Å². The van der Waals surface area contributed by atoms with Crippen molar-refractivity contribution in [2.24, 2.45) is 0 Å². The summed E-state index contributed by atoms with van der Waals surface area (Å²) >= 11 is 0. The fourth-order valence-corrected chi connectivity index (χ4v) is 2.42. The number of nitrogens with one attached hydrogen (secondary N) is 1. The van der Waals surface area contributed by atoms with Gasteiger partial charge < -0.3 is 15.1 Å². The summed E-state index contributed by atoms with van der Waals surface area (Å²) in [5.41, 5.74) is 0. The number of hydrogen-bond donors (Lipinski definition) is 1. The SMILES string of the molecule is CN(CCNC(=O)N1CCCCCC1)C1CC1. The van der Waals surface area contributed by atoms with Crippen LogP contribution in [0.5, 0.6) is 0 Å². The van der Waals surface area contributed by atoms with Gasteiger partial charge in [-0.2, -0.15) is 0 Å². The lowest BCUT2D eigenvalue weighted by Crippen LogP contribution is -2.43. The summed E-state index contributed by atoms with van der Waals surface area (Å²) < 4.78 is 0. The molecule has 2 amide bonds. The van der Waals surface area contributed by atoms with Crippen molar-refractivity contribution >= 4 is 6.03 Å². The summed E-state index contributed by atoms with van der Waals surface area (Å²) in [6.07, 6.45) is 7.53. The van der Waals surface area contributed by atoms with Crippen LogP contribution < -0.4 is 5.32 Å². The topological polar surface area (TPSA) is 35.6 Å². The fraction of sp³-hybridized carbons (Fsp3) is 0.923. The Bertz CT molecular complexity index is 245. The number of amides is 2. The van der Waals surface area contributed by atoms with Crippen molar-refractivity contribution in [3.8, 4) is 0 Å². The first-order valence-electron chi connectivity index (χ1n) is 7.00. The smallest absolute Gasteiger partial charge is 0.317 e. The monoisotopic (exact) mass is 239 g/mol. The van der Waals surface area contributed by atoms with E-state index in [0.717, 1.165) is 45.1 Å². The molecule has 1 heterocycles. The van der Waals surface area contributed by atoms with Gasteiger partial charge in [0.25, 0.3) is 0 Å². The van der Waals surface area contributed by atoms with Crippen LogP contribution in [0.3, 0.4) is 0 Å². The first-order chi connectivity index (χ1) is 8.27. The van der Waals surface area contributed by atoms with E-state index in [0.29, 0.717) is 0 Å². The largest absolute Gasteiger partial charge is 0.337 e. The minimum absolute atomic E-state index is 0.135. The van der Waals surface area contributed by atoms with E-state index < -0.39 is 0 Å². The molecule has 2 aliphatic rings. The zero-order valence-electron chi connectivity index (χ0n) is 11.0. The maximum atomic E-state index is 11.9. The Morgan fingerprint density at radius 3 is 2.47 bits per heavy atom. The standard InChI is InChI=1S/C13H25N3O/c1-15(12-6-7-12)11-8-14-13(17)16-9-4-2-3-5-10-16/h12H,2-11H2,1H3,(H,14,17). The molecule has 98 valence electrons. The molecule has 2 fully saturated rings. The van der Waals surface area contributed by atoms with E-state index in [1.165, 1.54) is 25.7 Å². The first kappa shape index (κ1) is 12.7. The van der Waals surface area contributed by atoms with Gasteiger partial charge >= 0.3 is 6.03 Å². The zero-order chi connectivity index (χ0) is 12.1. The van der Waals surface area contributed by atoms with Crippen LogP contribution in [0, 0.1) is 0 Å². The quantitative estimate of drug-likeness (QED) is 0.810. The molecule has 0 unspecified atom stereocenters. The van der Waals surface area contributed by atoms with Crippen LogP contribution in [-0.4, -0.2) is 55.1 Å². The van der Waals surface area contributed by atoms with E-state index in [1.807, 2.05) is 4.90 Å². The lowest BCUT2D eigenvalue weighted by atomic mass is 10.2. The van der Waals surface area contributed by atoms with Crippen LogP contribution in [0.4, 0.5) is 4.79 Å². The Kier molecular flexibility index (Phi) is 4.66. The van der Waals surface area contributed by atoms with Crippen molar-refractivity contribution in [3.05, 3.63) is 0 Å². The summed E-state index contributed by atoms with van der Waals surface area (Å²) in [5, 5.41) is 3.04. The number of nitrogens with zero attached hydrogens (tertiary/aromatic N) is 2. The summed E-state index contributed by atoms with van der Waals surface area (Å²) in [7, 11) is 2.15. The Hall–Kier alpha value is -0.770. The molecule has 1 saturated carbocycles. The van der Waals surface area contributed by atoms with E-state index in [4.69, 9.17) is 0 Å². The molecule has 4 nitrogen and oxygen atoms in total. The minimum atomic E-state index is 0.135. The van der Waals surface area contributed by atoms with Gasteiger partial charge in [-0.15, -0.1) is 0 Å². The average molecular weight is 239 g/mol. The Balaban J connectivity index is 1.61. The third-order valence-corrected chi connectivity index (χ3v) is 3.80. The number of likely N-dealkylation sites (tertiary alicyclic amines) is 1. The molecule has 17 heavy (non-hydrogen) atoms. The van der Waals surface area contributed by atoms with Gasteiger partial charge in [0.2, 0.25) is 0 Å². The van der Waals surface area contributed by atoms with Gasteiger partial charge in [-0.25, -0.2) is 4.79 Å². The van der Waals surface area contributed by atoms with E-state index in [1.54, 1.807) is 0 Å². The second kappa shape index (κ2) is 6.24. The molecule has 1 saturated heterocycles. The second-order valence-electron chi connectivity index (χ2n) is 5.34. The van der Waals surface area contributed by atoms with Crippen molar-refractivity contribution in [2.75, 3.05) is 33.2 Å². The summed E-state index contributed by atoms with van der Waals surface area (Å²) in [5.74, 6) is 0. The number of hydrogen-bond acceptors (Lipinski definition) is 2. The van der Waals surface area contributed by atoms with Crippen molar-refractivity contribution in [2.45, 2.75) is 44.6 Å². The molecular weight excluding hydrogens is 214 g/mol. The molecule has 0 aromatic heterocycles. The molecule has 0 bridgehead atoms. The van der Waals surface area contributed by atoms with Crippen molar-refractivity contribution < 1.29 is 4.79 Å². The normalized spacial score (nSPS) is 21.4. The molecule has 0 spiro atoms. The molecule has 4 heteroatoms. The molecule has 0 radical (unpaired) electrons. The fourth-order valence-electron chi connectivity index (χ4n) is 2.42. The Labute approximate surface area is 104 Å². The van der Waals surface area contributed by atoms with Crippen molar-refractivity contribution in [3.63, 3.8) is 0 Å². The van der Waals surface area contributed by atoms with Gasteiger partial charge in [0.05, 0.1) is 0 Å². The first-order valence-corrected chi connectivity index (χ1v) is 7.00. The summed E-state index contributed by atoms with van der Waals surface area (Å²) in [6, 6.07) is 0.918. The molecule has 1 N–H and O–H groups in total. The third kappa shape index (κ3) is 4.19. The highest BCUT2D eigenvalue weighted by Gasteiger charge is 2.25. The van der Waals surface area contributed by atoms with E-state index in [2.05, 4.69) is 17.3 Å². The van der Waals surface area contributed by atoms with Crippen molar-refractivity contribution in [1.29, 1.82) is 0 Å². The van der Waals surface area contributed by atoms with Crippen molar-refractivity contribution in [1.82, 2.24) is 15.1 Å². The maximum Gasteiger partial charge on any atom is 0.317 e. The molecule has 1 aliphatic heterocycles. The lowest BCUT2D eigenvalue weighted by Gasteiger charge is -2.22. The maximum absolute atomic E-state index is 11.9. The zero-order valence-corrected chi connectivity index (χ0v) is 11.0. The minimum Gasteiger partial charge on any atom is -0.337 e. The predicted octanol–water partition coefficient (Wildman–Crippen LogP) is 1.67. The van der Waals surface area contributed by atoms with Gasteiger partial charge in [0.15, 0.2) is 0 Å². The molecule has 0 atom stereocenters. The van der Waals surface area contributed by atoms with Gasteiger partial charge in [0, 0.05) is 32.2 Å². The van der Waals surface area contributed by atoms with E-state index in [-0.39, 0.29) is 6.03 Å². The highest BCUT2D eigenvalue weighted by Crippen LogP contribution is 2.24. The molecule has 0 aromatic rings. The average Bonchev–Trinajstić information content (AvgIpc) is 3.15. The molecule has 0 aromatic carbocycles. The number of likely N-dealkylation sites (N-methyl/N-ethyl adjacent to an activating group) is 1. The summed E-state index contributed by atoms with van der Waals surface area (Å²) in [4.78, 5) is 16.2. The lowest BCUT2D eigenvalue weighted by molar-refractivity contribution is 0.197. The highest BCUT2D eigenvalue weighted by molar-refractivity contribution is 5.74. The van der Waals surface area contributed by atoms with Gasteiger partial charge in [-0.3, -0.25) is 0 Å². The van der Waals surface area contributed by atoms with Crippen LogP contribution >= 0.6 is 0 Å². The highest BCUT2D eigenvalue weighted by atomic mass is 16.2. The van der Waals surface area contributed by atoms with E-state index >= 15 is 0 Å². The predicted molar refractivity (Wildman–Crippen MR) is 69.1 cm³/mol. The number of carbonyl (C=O) groups is 1. The Morgan fingerprint density at radius 1 is 1.24 bits per heavy atom. The van der Waals surface area contributed by atoms with E-state index in [9.17, 15) is 4.79 Å². The van der Waals surface area contributed by atoms with Crippen LogP contribution in [0.25, 0.3) is 0 Å². The van der Waals surface area contributed by atoms with Gasteiger partial charge in [-0.1, -0.05) is 12.8 Å². The van der Waals surface area contributed by atoms with Gasteiger partial charge in [0.1, 0.15) is 0 Å². The van der Waals surface area contributed by atoms with Crippen LogP contribution in [0.1, 0.15) is 38.5 Å². The van der Waals surface area contributed by atoms with Crippen LogP contribution in [0.2, 0.25) is 0 Å². The Morgan fingerprint density at radius 2 is 1.88 bits per heavy atom. The number of urea groups is 1. The number of carbonyl (C=O) groups excluding carboxylic acids is 1. The molecular formula is C13H25N3O.